The molecule has 0 spiro atoms. The molecule has 0 amide bonds. The van der Waals surface area contributed by atoms with Crippen LogP contribution in [0.5, 0.6) is 0 Å². The van der Waals surface area contributed by atoms with Gasteiger partial charge in [-0.1, -0.05) is 179 Å². The lowest BCUT2D eigenvalue weighted by Gasteiger charge is -2.24. The van der Waals surface area contributed by atoms with Gasteiger partial charge in [-0.3, -0.25) is 13.8 Å². The first-order valence-electron chi connectivity index (χ1n) is 24.5. The van der Waals surface area contributed by atoms with Gasteiger partial charge in [0.2, 0.25) is 0 Å². The van der Waals surface area contributed by atoms with Crippen molar-refractivity contribution in [1.82, 2.24) is 0 Å². The maximum absolute atomic E-state index is 12.6. The molecule has 0 aromatic heterocycles. The summed E-state index contributed by atoms with van der Waals surface area (Å²) in [5.74, 6) is -1.46. The van der Waals surface area contributed by atoms with Crippen LogP contribution in [0, 0.1) is 0 Å². The molecule has 0 aliphatic rings. The van der Waals surface area contributed by atoms with E-state index >= 15 is 0 Å². The van der Waals surface area contributed by atoms with Gasteiger partial charge in [0.05, 0.1) is 34.4 Å². The van der Waals surface area contributed by atoms with Gasteiger partial charge < -0.3 is 23.6 Å². The van der Waals surface area contributed by atoms with E-state index in [0.717, 1.165) is 51.4 Å². The van der Waals surface area contributed by atoms with Gasteiger partial charge in [0.15, 0.2) is 6.10 Å². The van der Waals surface area contributed by atoms with Gasteiger partial charge in [-0.2, -0.15) is 0 Å². The molecule has 1 N–H and O–H groups in total. The summed E-state index contributed by atoms with van der Waals surface area (Å²) in [5.41, 5.74) is 0. The molecule has 11 nitrogen and oxygen atoms in total. The molecular weight excluding hydrogens is 806 g/mol. The van der Waals surface area contributed by atoms with Crippen molar-refractivity contribution < 1.29 is 51.6 Å². The summed E-state index contributed by atoms with van der Waals surface area (Å²) in [4.78, 5) is 47.2. The standard InChI is InChI=1S/C50H90NO10P/c1-6-8-10-12-14-16-18-20-22-24-27-31-35-39-48(52)57-43-38-34-30-26-29-33-37-41-50(54)61-47(46-60-62(55,56)59-44-42-51(3,4)5)45-58-49(53)40-36-32-28-25-23-21-19-17-15-13-11-9-7-2/h27,29,31,33,35,37,39,41,47H,6-26,28,30,32,34,36,38,40,42-46H2,1-5H3/p+1/b31-27+,33-29+,39-35+,41-37+/t47-/m1/s1. The summed E-state index contributed by atoms with van der Waals surface area (Å²) < 4.78 is 39.3. The average molecular weight is 897 g/mol. The van der Waals surface area contributed by atoms with Crippen LogP contribution in [0.2, 0.25) is 0 Å². The summed E-state index contributed by atoms with van der Waals surface area (Å²) in [6.45, 7) is 4.54. The topological polar surface area (TPSA) is 135 Å². The largest absolute Gasteiger partial charge is 0.472 e. The highest BCUT2D eigenvalue weighted by Crippen LogP contribution is 2.43. The van der Waals surface area contributed by atoms with E-state index in [0.29, 0.717) is 24.1 Å². The highest BCUT2D eigenvalue weighted by Gasteiger charge is 2.26. The number of allylic oxidation sites excluding steroid dienone is 6. The van der Waals surface area contributed by atoms with Crippen LogP contribution in [-0.2, 0) is 42.2 Å². The highest BCUT2D eigenvalue weighted by atomic mass is 31.2. The number of hydrogen-bond donors (Lipinski definition) is 1. The Morgan fingerprint density at radius 2 is 0.984 bits per heavy atom. The lowest BCUT2D eigenvalue weighted by molar-refractivity contribution is -0.870. The number of phosphoric ester groups is 1. The monoisotopic (exact) mass is 897 g/mol. The number of quaternary nitrogens is 1. The van der Waals surface area contributed by atoms with E-state index in [-0.39, 0.29) is 25.6 Å². The van der Waals surface area contributed by atoms with Gasteiger partial charge in [0.1, 0.15) is 19.8 Å². The molecule has 2 atom stereocenters. The zero-order chi connectivity index (χ0) is 45.8. The van der Waals surface area contributed by atoms with E-state index in [2.05, 4.69) is 19.9 Å². The fourth-order valence-corrected chi connectivity index (χ4v) is 7.20. The summed E-state index contributed by atoms with van der Waals surface area (Å²) >= 11 is 0. The zero-order valence-electron chi connectivity index (χ0n) is 40.0. The summed E-state index contributed by atoms with van der Waals surface area (Å²) in [7, 11) is 1.35. The molecule has 0 heterocycles. The predicted molar refractivity (Wildman–Crippen MR) is 254 cm³/mol. The van der Waals surface area contributed by atoms with Crippen LogP contribution in [0.3, 0.4) is 0 Å². The zero-order valence-corrected chi connectivity index (χ0v) is 40.9. The van der Waals surface area contributed by atoms with E-state index in [4.69, 9.17) is 23.3 Å². The third-order valence-electron chi connectivity index (χ3n) is 10.3. The molecule has 62 heavy (non-hydrogen) atoms. The van der Waals surface area contributed by atoms with Crippen molar-refractivity contribution in [3.05, 3.63) is 48.6 Å². The Bertz CT molecular complexity index is 1260. The van der Waals surface area contributed by atoms with E-state index in [1.807, 2.05) is 33.3 Å². The van der Waals surface area contributed by atoms with Crippen LogP contribution in [0.15, 0.2) is 48.6 Å². The Labute approximate surface area is 378 Å². The van der Waals surface area contributed by atoms with Gasteiger partial charge in [-0.25, -0.2) is 14.2 Å². The van der Waals surface area contributed by atoms with Crippen molar-refractivity contribution in [1.29, 1.82) is 0 Å². The Morgan fingerprint density at radius 3 is 1.48 bits per heavy atom. The second kappa shape index (κ2) is 42.4. The van der Waals surface area contributed by atoms with Gasteiger partial charge in [0.25, 0.3) is 0 Å². The molecule has 0 aromatic carbocycles. The van der Waals surface area contributed by atoms with Crippen molar-refractivity contribution in [2.24, 2.45) is 0 Å². The predicted octanol–water partition coefficient (Wildman–Crippen LogP) is 13.0. The molecule has 0 aliphatic heterocycles. The number of nitrogens with zero attached hydrogens (tertiary/aromatic N) is 1. The van der Waals surface area contributed by atoms with Crippen LogP contribution in [0.25, 0.3) is 0 Å². The molecular formula is C50H91NO10P+. The Morgan fingerprint density at radius 1 is 0.532 bits per heavy atom. The molecule has 0 saturated carbocycles. The van der Waals surface area contributed by atoms with Crippen LogP contribution in [-0.4, -0.2) is 87.5 Å². The van der Waals surface area contributed by atoms with Crippen molar-refractivity contribution in [2.45, 2.75) is 200 Å². The minimum atomic E-state index is -4.43. The average Bonchev–Trinajstić information content (AvgIpc) is 3.22. The Balaban J connectivity index is 4.43. The van der Waals surface area contributed by atoms with E-state index in [9.17, 15) is 23.8 Å². The summed E-state index contributed by atoms with van der Waals surface area (Å²) in [6.07, 6.45) is 44.7. The lowest BCUT2D eigenvalue weighted by Crippen LogP contribution is -2.37. The number of esters is 3. The van der Waals surface area contributed by atoms with E-state index < -0.39 is 32.5 Å². The minimum absolute atomic E-state index is 0.00641. The first-order chi connectivity index (χ1) is 29.9. The van der Waals surface area contributed by atoms with Gasteiger partial charge in [0, 0.05) is 18.6 Å². The normalized spacial score (nSPS) is 13.7. The summed E-state index contributed by atoms with van der Waals surface area (Å²) in [5, 5.41) is 0. The number of carbonyl (C=O) groups excluding carboxylic acids is 3. The molecule has 360 valence electrons. The van der Waals surface area contributed by atoms with Crippen LogP contribution < -0.4 is 0 Å². The number of hydrogen-bond acceptors (Lipinski definition) is 9. The first kappa shape index (κ1) is 59.4. The van der Waals surface area contributed by atoms with Crippen molar-refractivity contribution >= 4 is 25.7 Å². The molecule has 0 fully saturated rings. The maximum atomic E-state index is 12.6. The lowest BCUT2D eigenvalue weighted by atomic mass is 10.0. The van der Waals surface area contributed by atoms with E-state index in [1.54, 1.807) is 18.2 Å². The van der Waals surface area contributed by atoms with Crippen LogP contribution in [0.4, 0.5) is 0 Å². The van der Waals surface area contributed by atoms with Crippen molar-refractivity contribution in [3.8, 4) is 0 Å². The third kappa shape index (κ3) is 45.5. The molecule has 0 saturated heterocycles. The SMILES string of the molecule is CCCCCCCCCCC/C=C/C=C/C(=O)OCCCCC/C=C/C=C/C(=O)O[C@H](COC(=O)CCCCCCCCCCCCCCC)COP(=O)(O)OCC[N+](C)(C)C. The minimum Gasteiger partial charge on any atom is -0.463 e. The quantitative estimate of drug-likeness (QED) is 0.0120. The van der Waals surface area contributed by atoms with E-state index in [1.165, 1.54) is 128 Å². The van der Waals surface area contributed by atoms with Crippen LogP contribution >= 0.6 is 7.82 Å². The maximum Gasteiger partial charge on any atom is 0.472 e. The molecule has 12 heteroatoms. The highest BCUT2D eigenvalue weighted by molar-refractivity contribution is 7.47. The van der Waals surface area contributed by atoms with Gasteiger partial charge in [-0.15, -0.1) is 0 Å². The fourth-order valence-electron chi connectivity index (χ4n) is 6.46. The molecule has 0 aliphatic carbocycles. The Hall–Kier alpha value is -2.56. The van der Waals surface area contributed by atoms with Crippen molar-refractivity contribution in [2.75, 3.05) is 54.1 Å². The van der Waals surface area contributed by atoms with Crippen LogP contribution in [0.1, 0.15) is 194 Å². The number of carbonyl (C=O) groups is 3. The second-order valence-electron chi connectivity index (χ2n) is 17.6. The van der Waals surface area contributed by atoms with Gasteiger partial charge >= 0.3 is 25.7 Å². The molecule has 0 rings (SSSR count). The van der Waals surface area contributed by atoms with Gasteiger partial charge in [-0.05, 0) is 44.9 Å². The summed E-state index contributed by atoms with van der Waals surface area (Å²) in [6, 6.07) is 0. The smallest absolute Gasteiger partial charge is 0.463 e. The van der Waals surface area contributed by atoms with Crippen molar-refractivity contribution in [3.63, 3.8) is 0 Å². The molecule has 0 aromatic rings. The number of unbranched alkanes of at least 4 members (excludes halogenated alkanes) is 24. The molecule has 0 radical (unpaired) electrons. The second-order valence-corrected chi connectivity index (χ2v) is 19.0. The number of ether oxygens (including phenoxy) is 3. The number of rotatable bonds is 44. The Kier molecular flexibility index (Phi) is 40.6. The number of phosphoric acid groups is 1. The fraction of sp³-hybridized carbons (Fsp3) is 0.780. The number of likely N-dealkylation sites (N-methyl/N-ethyl adjacent to an activating group) is 1. The third-order valence-corrected chi connectivity index (χ3v) is 11.3. The first-order valence-corrected chi connectivity index (χ1v) is 26.0. The molecule has 1 unspecified atom stereocenters. The molecule has 0 bridgehead atoms.